The van der Waals surface area contributed by atoms with Gasteiger partial charge in [0.15, 0.2) is 0 Å². The maximum absolute atomic E-state index is 6.07. The van der Waals surface area contributed by atoms with Crippen LogP contribution < -0.4 is 0 Å². The number of halogens is 2. The Hall–Kier alpha value is -0.200. The molecule has 78 valence electrons. The van der Waals surface area contributed by atoms with E-state index in [0.717, 1.165) is 5.02 Å². The summed E-state index contributed by atoms with van der Waals surface area (Å²) < 4.78 is 0. The molecule has 1 saturated carbocycles. The summed E-state index contributed by atoms with van der Waals surface area (Å²) in [4.78, 5) is 0. The van der Waals surface area contributed by atoms with Gasteiger partial charge in [-0.3, -0.25) is 0 Å². The second kappa shape index (κ2) is 4.55. The average molecular weight is 231 g/mol. The van der Waals surface area contributed by atoms with E-state index < -0.39 is 0 Å². The molecule has 0 aromatic heterocycles. The van der Waals surface area contributed by atoms with Crippen molar-refractivity contribution in [3.63, 3.8) is 0 Å². The third-order valence-electron chi connectivity index (χ3n) is 2.58. The molecule has 0 aliphatic heterocycles. The van der Waals surface area contributed by atoms with Crippen LogP contribution in [0.4, 0.5) is 0 Å². The van der Waals surface area contributed by atoms with Gasteiger partial charge in [0, 0.05) is 10.0 Å². The summed E-state index contributed by atoms with van der Waals surface area (Å²) in [7, 11) is 0. The molecule has 1 aromatic carbocycles. The lowest BCUT2D eigenvalue weighted by Gasteiger charge is -2.10. The van der Waals surface area contributed by atoms with E-state index in [9.17, 15) is 0 Å². The molecule has 0 N–H and O–H groups in total. The minimum Gasteiger partial charge on any atom is -0.0843 e. The van der Waals surface area contributed by atoms with Gasteiger partial charge in [0.2, 0.25) is 0 Å². The lowest BCUT2D eigenvalue weighted by Crippen LogP contribution is -1.99. The van der Waals surface area contributed by atoms with E-state index in [-0.39, 0.29) is 0 Å². The molecule has 1 aromatic rings. The predicted octanol–water partition coefficient (Wildman–Crippen LogP) is 5.07. The summed E-state index contributed by atoms with van der Waals surface area (Å²) in [6.07, 6.45) is 2.49. The third-order valence-corrected chi connectivity index (χ3v) is 3.13. The molecule has 0 atom stereocenters. The topological polar surface area (TPSA) is 0 Å². The molecular weight excluding hydrogens is 215 g/mol. The summed E-state index contributed by atoms with van der Waals surface area (Å²) in [5.74, 6) is 0. The van der Waals surface area contributed by atoms with Crippen LogP contribution in [0.25, 0.3) is 0 Å². The zero-order chi connectivity index (χ0) is 10.8. The molecule has 0 nitrogen and oxygen atoms in total. The lowest BCUT2D eigenvalue weighted by molar-refractivity contribution is 0.788. The van der Waals surface area contributed by atoms with Crippen molar-refractivity contribution >= 4 is 23.2 Å². The van der Waals surface area contributed by atoms with Crippen LogP contribution >= 0.6 is 23.2 Å². The summed E-state index contributed by atoms with van der Waals surface area (Å²) in [6.45, 7) is 6.24. The van der Waals surface area contributed by atoms with Gasteiger partial charge in [-0.15, -0.1) is 0 Å². The third kappa shape index (κ3) is 2.43. The summed E-state index contributed by atoms with van der Waals surface area (Å²) in [6, 6.07) is 5.77. The van der Waals surface area contributed by atoms with Crippen molar-refractivity contribution in [2.24, 2.45) is 0 Å². The number of rotatable bonds is 1. The van der Waals surface area contributed by atoms with Crippen LogP contribution in [0.2, 0.25) is 10.0 Å². The van der Waals surface area contributed by atoms with Gasteiger partial charge in [-0.1, -0.05) is 50.0 Å². The van der Waals surface area contributed by atoms with Gasteiger partial charge in [0.05, 0.1) is 0 Å². The van der Waals surface area contributed by atoms with Gasteiger partial charge in [-0.25, -0.2) is 0 Å². The van der Waals surface area contributed by atoms with Crippen molar-refractivity contribution in [3.8, 4) is 0 Å². The first-order chi connectivity index (χ1) is 6.62. The average Bonchev–Trinajstić information content (AvgIpc) is 2.87. The first kappa shape index (κ1) is 11.9. The second-order valence-corrected chi connectivity index (χ2v) is 4.53. The number of hydrogen-bond donors (Lipinski definition) is 0. The molecule has 0 spiro atoms. The number of benzene rings is 1. The molecule has 0 unspecified atom stereocenters. The Labute approximate surface area is 96.2 Å². The molecule has 0 heterocycles. The van der Waals surface area contributed by atoms with Crippen LogP contribution in [0.1, 0.15) is 39.2 Å². The van der Waals surface area contributed by atoms with Crippen molar-refractivity contribution in [1.29, 1.82) is 0 Å². The molecule has 0 bridgehead atoms. The van der Waals surface area contributed by atoms with Crippen LogP contribution in [0.3, 0.4) is 0 Å². The largest absolute Gasteiger partial charge is 0.0843 e. The molecule has 2 heteroatoms. The second-order valence-electron chi connectivity index (χ2n) is 3.68. The first-order valence-electron chi connectivity index (χ1n) is 5.07. The standard InChI is InChI=1S/C10H10Cl2.C2H6/c1-10(4-5-10)8-3-2-7(11)6-9(8)12;1-2/h2-3,6H,4-5H2,1H3;1-2H3. The number of hydrogen-bond acceptors (Lipinski definition) is 0. The molecule has 14 heavy (non-hydrogen) atoms. The summed E-state index contributed by atoms with van der Waals surface area (Å²) >= 11 is 11.9. The molecule has 1 aliphatic rings. The Morgan fingerprint density at radius 3 is 2.14 bits per heavy atom. The fourth-order valence-corrected chi connectivity index (χ4v) is 2.07. The van der Waals surface area contributed by atoms with Crippen LogP contribution in [-0.4, -0.2) is 0 Å². The van der Waals surface area contributed by atoms with E-state index in [0.29, 0.717) is 10.4 Å². The molecular formula is C12H16Cl2. The van der Waals surface area contributed by atoms with Gasteiger partial charge in [0.1, 0.15) is 0 Å². The molecule has 0 saturated heterocycles. The van der Waals surface area contributed by atoms with E-state index in [1.165, 1.54) is 18.4 Å². The summed E-state index contributed by atoms with van der Waals surface area (Å²) in [5, 5.41) is 1.52. The molecule has 1 fully saturated rings. The van der Waals surface area contributed by atoms with E-state index in [4.69, 9.17) is 23.2 Å². The molecule has 2 rings (SSSR count). The predicted molar refractivity (Wildman–Crippen MR) is 64.4 cm³/mol. The Bertz CT molecular complexity index is 314. The van der Waals surface area contributed by atoms with Gasteiger partial charge in [-0.05, 0) is 36.0 Å². The SMILES string of the molecule is CC.CC1(c2ccc(Cl)cc2Cl)CC1. The minimum absolute atomic E-state index is 0.335. The van der Waals surface area contributed by atoms with E-state index in [2.05, 4.69) is 6.92 Å². The lowest BCUT2D eigenvalue weighted by atomic mass is 9.99. The van der Waals surface area contributed by atoms with Gasteiger partial charge < -0.3 is 0 Å². The Morgan fingerprint density at radius 2 is 1.71 bits per heavy atom. The zero-order valence-corrected chi connectivity index (χ0v) is 10.4. The van der Waals surface area contributed by atoms with Crippen LogP contribution in [0, 0.1) is 0 Å². The minimum atomic E-state index is 0.335. The summed E-state index contributed by atoms with van der Waals surface area (Å²) in [5.41, 5.74) is 1.58. The quantitative estimate of drug-likeness (QED) is 0.632. The molecule has 1 aliphatic carbocycles. The fourth-order valence-electron chi connectivity index (χ4n) is 1.44. The molecule has 0 radical (unpaired) electrons. The Balaban J connectivity index is 0.000000461. The van der Waals surface area contributed by atoms with E-state index in [1.54, 1.807) is 0 Å². The highest BCUT2D eigenvalue weighted by molar-refractivity contribution is 6.35. The van der Waals surface area contributed by atoms with Crippen LogP contribution in [-0.2, 0) is 5.41 Å². The van der Waals surface area contributed by atoms with Crippen molar-refractivity contribution in [3.05, 3.63) is 33.8 Å². The smallest absolute Gasteiger partial charge is 0.0458 e. The van der Waals surface area contributed by atoms with E-state index >= 15 is 0 Å². The van der Waals surface area contributed by atoms with Crippen LogP contribution in [0.15, 0.2) is 18.2 Å². The van der Waals surface area contributed by atoms with E-state index in [1.807, 2.05) is 32.0 Å². The van der Waals surface area contributed by atoms with Crippen molar-refractivity contribution in [1.82, 2.24) is 0 Å². The maximum atomic E-state index is 6.07. The molecule has 0 amide bonds. The monoisotopic (exact) mass is 230 g/mol. The van der Waals surface area contributed by atoms with Gasteiger partial charge >= 0.3 is 0 Å². The Morgan fingerprint density at radius 1 is 1.14 bits per heavy atom. The highest BCUT2D eigenvalue weighted by Gasteiger charge is 2.40. The highest BCUT2D eigenvalue weighted by atomic mass is 35.5. The van der Waals surface area contributed by atoms with Gasteiger partial charge in [-0.2, -0.15) is 0 Å². The maximum Gasteiger partial charge on any atom is 0.0458 e. The fraction of sp³-hybridized carbons (Fsp3) is 0.500. The zero-order valence-electron chi connectivity index (χ0n) is 8.90. The Kier molecular flexibility index (Phi) is 3.86. The van der Waals surface area contributed by atoms with Gasteiger partial charge in [0.25, 0.3) is 0 Å². The first-order valence-corrected chi connectivity index (χ1v) is 5.83. The van der Waals surface area contributed by atoms with Crippen molar-refractivity contribution < 1.29 is 0 Å². The van der Waals surface area contributed by atoms with Crippen LogP contribution in [0.5, 0.6) is 0 Å². The normalized spacial score (nSPS) is 16.9. The van der Waals surface area contributed by atoms with Crippen molar-refractivity contribution in [2.75, 3.05) is 0 Å². The van der Waals surface area contributed by atoms with Crippen molar-refractivity contribution in [2.45, 2.75) is 39.0 Å². The highest BCUT2D eigenvalue weighted by Crippen LogP contribution is 2.50.